The van der Waals surface area contributed by atoms with Crippen LogP contribution in [0.2, 0.25) is 0 Å². The van der Waals surface area contributed by atoms with E-state index >= 15 is 0 Å². The monoisotopic (exact) mass is 407 g/mol. The van der Waals surface area contributed by atoms with Crippen molar-refractivity contribution < 1.29 is 28.6 Å². The molecule has 4 N–H and O–H groups in total. The van der Waals surface area contributed by atoms with E-state index in [4.69, 9.17) is 24.9 Å². The molecule has 2 aromatic rings. The third kappa shape index (κ3) is 3.08. The van der Waals surface area contributed by atoms with Crippen LogP contribution in [-0.2, 0) is 8.57 Å². The average Bonchev–Trinajstić information content (AvgIpc) is 2.95. The molecule has 0 radical (unpaired) electrons. The summed E-state index contributed by atoms with van der Waals surface area (Å²) in [5, 5.41) is 28.6. The van der Waals surface area contributed by atoms with Gasteiger partial charge in [0.2, 0.25) is 0 Å². The fourth-order valence-corrected chi connectivity index (χ4v) is 3.44. The van der Waals surface area contributed by atoms with Crippen LogP contribution < -0.4 is 4.74 Å². The maximum Gasteiger partial charge on any atom is 0.198 e. The van der Waals surface area contributed by atoms with Gasteiger partial charge in [0.05, 0.1) is 22.9 Å². The lowest BCUT2D eigenvalue weighted by atomic mass is 9.98. The first-order chi connectivity index (χ1) is 11.0. The summed E-state index contributed by atoms with van der Waals surface area (Å²) in [5.41, 5.74) is 0.847. The van der Waals surface area contributed by atoms with Crippen LogP contribution in [0, 0.1) is 0 Å². The second-order valence-corrected chi connectivity index (χ2v) is 6.27. The normalized spacial score (nSPS) is 34.7. The van der Waals surface area contributed by atoms with Gasteiger partial charge in [-0.05, 0) is 6.07 Å². The Hall–Kier alpha value is -0.870. The van der Waals surface area contributed by atoms with Gasteiger partial charge in [-0.3, -0.25) is 3.83 Å². The number of rotatable bonds is 4. The molecule has 0 unspecified atom stereocenters. The Balaban J connectivity index is 1.91. The molecule has 0 amide bonds. The zero-order valence-corrected chi connectivity index (χ0v) is 14.1. The Morgan fingerprint density at radius 3 is 2.74 bits per heavy atom. The second kappa shape index (κ2) is 6.56. The first-order valence-corrected chi connectivity index (χ1v) is 7.86. The first kappa shape index (κ1) is 17.0. The SMILES string of the molecule is OC[C@@]1(Cl)O[C@@H](O)[C@H](O)[C@@H](Oc2cc3ccccc3[nH]2)[C@H]1OBr. The number of aromatic nitrogens is 1. The van der Waals surface area contributed by atoms with Crippen molar-refractivity contribution in [3.8, 4) is 5.88 Å². The summed E-state index contributed by atoms with van der Waals surface area (Å²) in [5.74, 6) is 0.357. The van der Waals surface area contributed by atoms with E-state index in [0.717, 1.165) is 10.9 Å². The minimum atomic E-state index is -1.77. The molecular formula is C14H15BrClNO6. The van der Waals surface area contributed by atoms with Crippen LogP contribution in [0.25, 0.3) is 10.9 Å². The van der Waals surface area contributed by atoms with E-state index in [0.29, 0.717) is 5.88 Å². The van der Waals surface area contributed by atoms with Crippen LogP contribution in [0.3, 0.4) is 0 Å². The van der Waals surface area contributed by atoms with Gasteiger partial charge in [0, 0.05) is 17.0 Å². The van der Waals surface area contributed by atoms with Crippen molar-refractivity contribution in [1.82, 2.24) is 4.98 Å². The molecule has 7 nitrogen and oxygen atoms in total. The third-order valence-electron chi connectivity index (χ3n) is 3.75. The third-order valence-corrected chi connectivity index (χ3v) is 4.57. The van der Waals surface area contributed by atoms with Gasteiger partial charge in [0.25, 0.3) is 0 Å². The number of hydrogen-bond acceptors (Lipinski definition) is 6. The second-order valence-electron chi connectivity index (χ2n) is 5.26. The van der Waals surface area contributed by atoms with Crippen LogP contribution in [0.5, 0.6) is 5.88 Å². The fraction of sp³-hybridized carbons (Fsp3) is 0.429. The summed E-state index contributed by atoms with van der Waals surface area (Å²) in [6, 6.07) is 9.26. The molecule has 0 bridgehead atoms. The van der Waals surface area contributed by atoms with Gasteiger partial charge in [-0.2, -0.15) is 0 Å². The standard InChI is InChI=1S/C14H15BrClNO6/c15-23-12-11(10(19)13(20)22-14(12,16)6-18)21-9-5-7-3-1-2-4-8(7)17-9/h1-5,10-13,17-20H,6H2/t10-,11-,12-,13-,14-/m1/s1. The molecule has 3 rings (SSSR count). The van der Waals surface area contributed by atoms with Gasteiger partial charge in [0.15, 0.2) is 29.4 Å². The minimum absolute atomic E-state index is 0.357. The minimum Gasteiger partial charge on any atom is -0.470 e. The van der Waals surface area contributed by atoms with E-state index in [2.05, 4.69) is 21.2 Å². The van der Waals surface area contributed by atoms with E-state index in [1.165, 1.54) is 0 Å². The topological polar surface area (TPSA) is 104 Å². The van der Waals surface area contributed by atoms with E-state index in [1.807, 2.05) is 24.3 Å². The maximum atomic E-state index is 10.1. The van der Waals surface area contributed by atoms with E-state index in [1.54, 1.807) is 6.07 Å². The van der Waals surface area contributed by atoms with Crippen LogP contribution in [0.1, 0.15) is 0 Å². The predicted octanol–water partition coefficient (Wildman–Crippen LogP) is 1.25. The van der Waals surface area contributed by atoms with E-state index < -0.39 is 36.3 Å². The van der Waals surface area contributed by atoms with Crippen LogP contribution >= 0.6 is 27.9 Å². The number of hydrogen-bond donors (Lipinski definition) is 4. The molecule has 1 fully saturated rings. The number of alkyl halides is 1. The Morgan fingerprint density at radius 1 is 1.35 bits per heavy atom. The summed E-state index contributed by atoms with van der Waals surface area (Å²) in [6.07, 6.45) is -5.23. The molecule has 0 saturated carbocycles. The Labute approximate surface area is 145 Å². The lowest BCUT2D eigenvalue weighted by molar-refractivity contribution is -0.289. The van der Waals surface area contributed by atoms with Gasteiger partial charge in [-0.15, -0.1) is 0 Å². The highest BCUT2D eigenvalue weighted by molar-refractivity contribution is 9.06. The molecule has 1 saturated heterocycles. The maximum absolute atomic E-state index is 10.1. The van der Waals surface area contributed by atoms with Crippen molar-refractivity contribution in [1.29, 1.82) is 0 Å². The molecular weight excluding hydrogens is 394 g/mol. The van der Waals surface area contributed by atoms with Crippen molar-refractivity contribution in [2.24, 2.45) is 0 Å². The molecule has 0 spiro atoms. The van der Waals surface area contributed by atoms with Crippen molar-refractivity contribution in [3.63, 3.8) is 0 Å². The van der Waals surface area contributed by atoms with Crippen molar-refractivity contribution >= 4 is 38.8 Å². The molecule has 1 aliphatic rings. The number of para-hydroxylation sites is 1. The molecule has 2 heterocycles. The summed E-state index contributed by atoms with van der Waals surface area (Å²) < 4.78 is 15.8. The number of fused-ring (bicyclic) bond motifs is 1. The number of H-pyrrole nitrogens is 1. The molecule has 1 aromatic carbocycles. The quantitative estimate of drug-likeness (QED) is 0.568. The average molecular weight is 409 g/mol. The fourth-order valence-electron chi connectivity index (χ4n) is 2.56. The highest BCUT2D eigenvalue weighted by atomic mass is 79.9. The predicted molar refractivity (Wildman–Crippen MR) is 85.3 cm³/mol. The number of aliphatic hydroxyl groups excluding tert-OH is 3. The first-order valence-electron chi connectivity index (χ1n) is 6.84. The lowest BCUT2D eigenvalue weighted by Crippen LogP contribution is -2.65. The zero-order valence-electron chi connectivity index (χ0n) is 11.7. The van der Waals surface area contributed by atoms with Gasteiger partial charge >= 0.3 is 0 Å². The Morgan fingerprint density at radius 2 is 2.09 bits per heavy atom. The van der Waals surface area contributed by atoms with Gasteiger partial charge in [-0.25, -0.2) is 0 Å². The Kier molecular flexibility index (Phi) is 4.84. The zero-order chi connectivity index (χ0) is 16.6. The molecule has 23 heavy (non-hydrogen) atoms. The summed E-state index contributed by atoms with van der Waals surface area (Å²) >= 11 is 8.94. The van der Waals surface area contributed by atoms with Gasteiger partial charge in [0.1, 0.15) is 6.10 Å². The molecule has 9 heteroatoms. The smallest absolute Gasteiger partial charge is 0.198 e. The number of nitrogens with one attached hydrogen (secondary N) is 1. The van der Waals surface area contributed by atoms with Crippen LogP contribution in [0.15, 0.2) is 30.3 Å². The number of aromatic amines is 1. The van der Waals surface area contributed by atoms with Crippen LogP contribution in [-0.4, -0.2) is 56.6 Å². The Bertz CT molecular complexity index is 651. The van der Waals surface area contributed by atoms with Crippen LogP contribution in [0.4, 0.5) is 0 Å². The van der Waals surface area contributed by atoms with Gasteiger partial charge in [-0.1, -0.05) is 29.8 Å². The summed E-state index contributed by atoms with van der Waals surface area (Å²) in [6.45, 7) is -0.652. The number of benzene rings is 1. The molecule has 126 valence electrons. The molecule has 1 aromatic heterocycles. The van der Waals surface area contributed by atoms with Crippen molar-refractivity contribution in [2.45, 2.75) is 29.7 Å². The van der Waals surface area contributed by atoms with E-state index in [9.17, 15) is 15.3 Å². The number of ether oxygens (including phenoxy) is 2. The van der Waals surface area contributed by atoms with Crippen molar-refractivity contribution in [3.05, 3.63) is 30.3 Å². The molecule has 0 aliphatic carbocycles. The number of halogens is 2. The molecule has 5 atom stereocenters. The lowest BCUT2D eigenvalue weighted by Gasteiger charge is -2.45. The summed E-state index contributed by atoms with van der Waals surface area (Å²) in [4.78, 5) is 3.04. The molecule has 1 aliphatic heterocycles. The largest absolute Gasteiger partial charge is 0.470 e. The van der Waals surface area contributed by atoms with E-state index in [-0.39, 0.29) is 0 Å². The van der Waals surface area contributed by atoms with Crippen molar-refractivity contribution in [2.75, 3.05) is 6.61 Å². The highest BCUT2D eigenvalue weighted by Crippen LogP contribution is 2.37. The highest BCUT2D eigenvalue weighted by Gasteiger charge is 2.55. The van der Waals surface area contributed by atoms with Gasteiger partial charge < -0.3 is 29.8 Å². The summed E-state index contributed by atoms with van der Waals surface area (Å²) in [7, 11) is 0. The number of aliphatic hydroxyl groups is 3.